The Morgan fingerprint density at radius 1 is 1.50 bits per heavy atom. The summed E-state index contributed by atoms with van der Waals surface area (Å²) in [6.07, 6.45) is 3.87. The van der Waals surface area contributed by atoms with E-state index in [9.17, 15) is 5.11 Å². The number of nitrogen functional groups attached to an aromatic ring is 1. The van der Waals surface area contributed by atoms with Crippen molar-refractivity contribution in [2.45, 2.75) is 6.10 Å². The Bertz CT molecular complexity index is 511. The Morgan fingerprint density at radius 3 is 2.88 bits per heavy atom. The second-order valence-corrected chi connectivity index (χ2v) is 3.91. The molecule has 1 unspecified atom stereocenters. The molecule has 0 radical (unpaired) electrons. The number of aliphatic hydroxyl groups is 1. The number of nitrogens with two attached hydrogens (primary N) is 1. The van der Waals surface area contributed by atoms with Crippen LogP contribution < -0.4 is 5.73 Å². The van der Waals surface area contributed by atoms with Crippen LogP contribution in [0.3, 0.4) is 0 Å². The van der Waals surface area contributed by atoms with Crippen molar-refractivity contribution in [3.63, 3.8) is 0 Å². The van der Waals surface area contributed by atoms with Crippen LogP contribution in [0.1, 0.15) is 17.2 Å². The Morgan fingerprint density at radius 2 is 2.25 bits per heavy atom. The number of aromatic nitrogens is 3. The van der Waals surface area contributed by atoms with Crippen molar-refractivity contribution in [3.05, 3.63) is 40.8 Å². The normalized spacial score (nSPS) is 12.7. The predicted molar refractivity (Wildman–Crippen MR) is 60.9 cm³/mol. The van der Waals surface area contributed by atoms with Crippen LogP contribution >= 0.6 is 11.6 Å². The maximum absolute atomic E-state index is 10.1. The van der Waals surface area contributed by atoms with Crippen molar-refractivity contribution in [2.24, 2.45) is 7.05 Å². The maximum Gasteiger partial charge on any atom is 0.129 e. The van der Waals surface area contributed by atoms with Gasteiger partial charge in [-0.1, -0.05) is 11.6 Å². The van der Waals surface area contributed by atoms with Crippen LogP contribution in [-0.2, 0) is 7.05 Å². The van der Waals surface area contributed by atoms with Crippen molar-refractivity contribution in [1.29, 1.82) is 0 Å². The zero-order valence-electron chi connectivity index (χ0n) is 8.63. The number of nitrogens with zero attached hydrogens (tertiary/aromatic N) is 3. The molecule has 84 valence electrons. The summed E-state index contributed by atoms with van der Waals surface area (Å²) in [7, 11) is 1.77. The van der Waals surface area contributed by atoms with Crippen LogP contribution in [0, 0.1) is 0 Å². The molecule has 3 N–H and O–H groups in total. The minimum absolute atomic E-state index is 0.265. The summed E-state index contributed by atoms with van der Waals surface area (Å²) in [4.78, 5) is 3.89. The van der Waals surface area contributed by atoms with Crippen LogP contribution in [0.5, 0.6) is 0 Å². The van der Waals surface area contributed by atoms with Crippen LogP contribution in [0.25, 0.3) is 0 Å². The molecule has 2 rings (SSSR count). The van der Waals surface area contributed by atoms with Crippen molar-refractivity contribution < 1.29 is 5.11 Å². The van der Waals surface area contributed by atoms with E-state index >= 15 is 0 Å². The number of rotatable bonds is 2. The highest BCUT2D eigenvalue weighted by Gasteiger charge is 2.16. The zero-order chi connectivity index (χ0) is 11.7. The fraction of sp³-hybridized carbons (Fsp3) is 0.200. The largest absolute Gasteiger partial charge is 0.383 e. The molecule has 0 aliphatic rings. The highest BCUT2D eigenvalue weighted by molar-refractivity contribution is 6.30. The SMILES string of the molecule is Cn1cc(C(O)c2cc(Cl)cnc2N)cn1. The number of hydrogen-bond donors (Lipinski definition) is 2. The van der Waals surface area contributed by atoms with E-state index in [2.05, 4.69) is 10.1 Å². The standard InChI is InChI=1S/C10H11ClN4O/c1-15-5-6(3-14-15)9(16)8-2-7(11)4-13-10(8)12/h2-5,9,16H,1H3,(H2,12,13). The Hall–Kier alpha value is -1.59. The van der Waals surface area contributed by atoms with Crippen molar-refractivity contribution in [2.75, 3.05) is 5.73 Å². The zero-order valence-corrected chi connectivity index (χ0v) is 9.39. The first-order valence-electron chi connectivity index (χ1n) is 4.65. The molecule has 0 saturated carbocycles. The lowest BCUT2D eigenvalue weighted by atomic mass is 10.1. The molecule has 16 heavy (non-hydrogen) atoms. The molecule has 2 heterocycles. The molecular formula is C10H11ClN4O. The number of aryl methyl sites for hydroxylation is 1. The second kappa shape index (κ2) is 4.11. The van der Waals surface area contributed by atoms with E-state index in [1.807, 2.05) is 0 Å². The van der Waals surface area contributed by atoms with E-state index in [0.29, 0.717) is 16.1 Å². The third kappa shape index (κ3) is 2.00. The average Bonchev–Trinajstić information content (AvgIpc) is 2.67. The summed E-state index contributed by atoms with van der Waals surface area (Å²) in [6, 6.07) is 1.60. The molecule has 2 aromatic heterocycles. The molecule has 0 aliphatic heterocycles. The molecule has 6 heteroatoms. The predicted octanol–water partition coefficient (Wildman–Crippen LogP) is 1.13. The lowest BCUT2D eigenvalue weighted by molar-refractivity contribution is 0.220. The highest BCUT2D eigenvalue weighted by atomic mass is 35.5. The molecule has 1 atom stereocenters. The van der Waals surface area contributed by atoms with E-state index in [1.54, 1.807) is 30.2 Å². The second-order valence-electron chi connectivity index (χ2n) is 3.48. The number of aliphatic hydroxyl groups excluding tert-OH is 1. The topological polar surface area (TPSA) is 77.0 Å². The van der Waals surface area contributed by atoms with Gasteiger partial charge < -0.3 is 10.8 Å². The van der Waals surface area contributed by atoms with E-state index in [1.165, 1.54) is 6.20 Å². The summed E-state index contributed by atoms with van der Waals surface area (Å²) in [5, 5.41) is 14.5. The van der Waals surface area contributed by atoms with Crippen LogP contribution in [-0.4, -0.2) is 19.9 Å². The van der Waals surface area contributed by atoms with Gasteiger partial charge in [0.25, 0.3) is 0 Å². The van der Waals surface area contributed by atoms with E-state index in [-0.39, 0.29) is 5.82 Å². The average molecular weight is 239 g/mol. The van der Waals surface area contributed by atoms with Gasteiger partial charge in [0.2, 0.25) is 0 Å². The summed E-state index contributed by atoms with van der Waals surface area (Å²) in [6.45, 7) is 0. The third-order valence-electron chi connectivity index (χ3n) is 2.25. The third-order valence-corrected chi connectivity index (χ3v) is 2.46. The summed E-state index contributed by atoms with van der Waals surface area (Å²) >= 11 is 5.80. The van der Waals surface area contributed by atoms with E-state index in [0.717, 1.165) is 0 Å². The number of pyridine rings is 1. The number of halogens is 1. The van der Waals surface area contributed by atoms with Gasteiger partial charge in [0.1, 0.15) is 11.9 Å². The van der Waals surface area contributed by atoms with Crippen LogP contribution in [0.4, 0.5) is 5.82 Å². The van der Waals surface area contributed by atoms with Gasteiger partial charge in [0.15, 0.2) is 0 Å². The van der Waals surface area contributed by atoms with Crippen LogP contribution in [0.15, 0.2) is 24.7 Å². The van der Waals surface area contributed by atoms with Crippen molar-refractivity contribution in [3.8, 4) is 0 Å². The molecule has 0 spiro atoms. The van der Waals surface area contributed by atoms with E-state index in [4.69, 9.17) is 17.3 Å². The van der Waals surface area contributed by atoms with Gasteiger partial charge in [0.05, 0.1) is 11.2 Å². The summed E-state index contributed by atoms with van der Waals surface area (Å²) in [5.41, 5.74) is 6.82. The lowest BCUT2D eigenvalue weighted by Gasteiger charge is -2.10. The molecule has 2 aromatic rings. The van der Waals surface area contributed by atoms with Gasteiger partial charge in [-0.3, -0.25) is 4.68 Å². The fourth-order valence-electron chi connectivity index (χ4n) is 1.45. The van der Waals surface area contributed by atoms with Gasteiger partial charge in [-0.05, 0) is 6.07 Å². The Balaban J connectivity index is 2.40. The van der Waals surface area contributed by atoms with Crippen LogP contribution in [0.2, 0.25) is 5.02 Å². The summed E-state index contributed by atoms with van der Waals surface area (Å²) in [5.74, 6) is 0.265. The molecule has 0 fully saturated rings. The van der Waals surface area contributed by atoms with Gasteiger partial charge in [-0.25, -0.2) is 4.98 Å². The minimum atomic E-state index is -0.861. The van der Waals surface area contributed by atoms with Gasteiger partial charge in [-0.15, -0.1) is 0 Å². The first-order chi connectivity index (χ1) is 7.58. The molecule has 0 bridgehead atoms. The highest BCUT2D eigenvalue weighted by Crippen LogP contribution is 2.26. The van der Waals surface area contributed by atoms with Gasteiger partial charge >= 0.3 is 0 Å². The van der Waals surface area contributed by atoms with Gasteiger partial charge in [0, 0.05) is 30.6 Å². The number of hydrogen-bond acceptors (Lipinski definition) is 4. The molecule has 0 aromatic carbocycles. The first-order valence-corrected chi connectivity index (χ1v) is 5.03. The monoisotopic (exact) mass is 238 g/mol. The minimum Gasteiger partial charge on any atom is -0.383 e. The smallest absolute Gasteiger partial charge is 0.129 e. The summed E-state index contributed by atoms with van der Waals surface area (Å²) < 4.78 is 1.60. The lowest BCUT2D eigenvalue weighted by Crippen LogP contribution is -2.04. The molecule has 0 aliphatic carbocycles. The van der Waals surface area contributed by atoms with E-state index < -0.39 is 6.10 Å². The molecule has 0 amide bonds. The fourth-order valence-corrected chi connectivity index (χ4v) is 1.61. The maximum atomic E-state index is 10.1. The Kier molecular flexibility index (Phi) is 2.80. The van der Waals surface area contributed by atoms with Crippen molar-refractivity contribution >= 4 is 17.4 Å². The first kappa shape index (κ1) is 10.9. The molecule has 5 nitrogen and oxygen atoms in total. The molecular weight excluding hydrogens is 228 g/mol. The number of anilines is 1. The quantitative estimate of drug-likeness (QED) is 0.822. The van der Waals surface area contributed by atoms with Gasteiger partial charge in [-0.2, -0.15) is 5.10 Å². The molecule has 0 saturated heterocycles. The van der Waals surface area contributed by atoms with Crippen molar-refractivity contribution in [1.82, 2.24) is 14.8 Å². The Labute approximate surface area is 97.5 Å².